The molecule has 0 heterocycles. The highest BCUT2D eigenvalue weighted by atomic mass is 127. The van der Waals surface area contributed by atoms with Crippen LogP contribution >= 0.6 is 22.6 Å². The lowest BCUT2D eigenvalue weighted by Gasteiger charge is -2.12. The van der Waals surface area contributed by atoms with Crippen LogP contribution in [0.2, 0.25) is 0 Å². The van der Waals surface area contributed by atoms with Crippen LogP contribution in [0.5, 0.6) is 5.75 Å². The molecule has 5 heteroatoms. The molecule has 82 valence electrons. The molecule has 2 N–H and O–H groups in total. The van der Waals surface area contributed by atoms with Crippen LogP contribution in [0.25, 0.3) is 0 Å². The molecule has 0 saturated carbocycles. The van der Waals surface area contributed by atoms with E-state index in [1.54, 1.807) is 6.92 Å². The zero-order chi connectivity index (χ0) is 11.3. The Morgan fingerprint density at radius 3 is 2.67 bits per heavy atom. The average molecular weight is 321 g/mol. The first-order valence-electron chi connectivity index (χ1n) is 4.46. The molecule has 0 spiro atoms. The summed E-state index contributed by atoms with van der Waals surface area (Å²) >= 11 is 2.21. The van der Waals surface area contributed by atoms with Gasteiger partial charge in [-0.1, -0.05) is 0 Å². The lowest BCUT2D eigenvalue weighted by Crippen LogP contribution is -2.35. The molecule has 1 atom stereocenters. The van der Waals surface area contributed by atoms with E-state index in [2.05, 4.69) is 27.9 Å². The molecule has 15 heavy (non-hydrogen) atoms. The van der Waals surface area contributed by atoms with Gasteiger partial charge in [-0.05, 0) is 53.8 Å². The van der Waals surface area contributed by atoms with Gasteiger partial charge in [-0.25, -0.2) is 4.79 Å². The van der Waals surface area contributed by atoms with Crippen LogP contribution in [0.4, 0.5) is 4.79 Å². The predicted octanol–water partition coefficient (Wildman–Crippen LogP) is 2.33. The Hall–Kier alpha value is -0.980. The van der Waals surface area contributed by atoms with Crippen LogP contribution in [0.1, 0.15) is 6.92 Å². The molecule has 1 rings (SSSR count). The highest BCUT2D eigenvalue weighted by molar-refractivity contribution is 14.1. The van der Waals surface area contributed by atoms with E-state index in [0.29, 0.717) is 6.61 Å². The molecule has 1 aromatic rings. The van der Waals surface area contributed by atoms with Gasteiger partial charge in [0.25, 0.3) is 0 Å². The second-order valence-corrected chi connectivity index (χ2v) is 4.36. The summed E-state index contributed by atoms with van der Waals surface area (Å²) in [7, 11) is 0. The van der Waals surface area contributed by atoms with Crippen LogP contribution in [0.15, 0.2) is 24.3 Å². The van der Waals surface area contributed by atoms with Gasteiger partial charge < -0.3 is 15.2 Å². The van der Waals surface area contributed by atoms with Crippen LogP contribution < -0.4 is 10.1 Å². The number of hydrogen-bond donors (Lipinski definition) is 2. The molecule has 1 aromatic carbocycles. The molecule has 0 aromatic heterocycles. The summed E-state index contributed by atoms with van der Waals surface area (Å²) in [5, 5.41) is 10.8. The molecule has 0 unspecified atom stereocenters. The summed E-state index contributed by atoms with van der Waals surface area (Å²) in [5.41, 5.74) is 0. The fourth-order valence-electron chi connectivity index (χ4n) is 1.00. The number of rotatable bonds is 4. The van der Waals surface area contributed by atoms with Gasteiger partial charge in [0.1, 0.15) is 12.4 Å². The van der Waals surface area contributed by atoms with Crippen LogP contribution in [-0.2, 0) is 0 Å². The van der Waals surface area contributed by atoms with Gasteiger partial charge >= 0.3 is 6.09 Å². The van der Waals surface area contributed by atoms with E-state index >= 15 is 0 Å². The SMILES string of the molecule is C[C@@H](COc1ccc(I)cc1)NC(=O)O. The van der Waals surface area contributed by atoms with Crippen molar-refractivity contribution in [3.05, 3.63) is 27.8 Å². The van der Waals surface area contributed by atoms with Crippen molar-refractivity contribution in [3.8, 4) is 5.75 Å². The molecular formula is C10H12INO3. The fourth-order valence-corrected chi connectivity index (χ4v) is 1.36. The predicted molar refractivity (Wildman–Crippen MR) is 65.3 cm³/mol. The Bertz CT molecular complexity index is 326. The minimum absolute atomic E-state index is 0.221. The largest absolute Gasteiger partial charge is 0.491 e. The van der Waals surface area contributed by atoms with Crippen molar-refractivity contribution in [3.63, 3.8) is 0 Å². The average Bonchev–Trinajstić information content (AvgIpc) is 2.16. The van der Waals surface area contributed by atoms with Gasteiger partial charge in [-0.15, -0.1) is 0 Å². The van der Waals surface area contributed by atoms with Crippen molar-refractivity contribution >= 4 is 28.7 Å². The van der Waals surface area contributed by atoms with Crippen molar-refractivity contribution in [1.82, 2.24) is 5.32 Å². The number of carbonyl (C=O) groups is 1. The van der Waals surface area contributed by atoms with Gasteiger partial charge in [-0.3, -0.25) is 0 Å². The Kier molecular flexibility index (Phi) is 4.67. The minimum atomic E-state index is -1.03. The molecule has 0 fully saturated rings. The van der Waals surface area contributed by atoms with E-state index in [4.69, 9.17) is 9.84 Å². The van der Waals surface area contributed by atoms with E-state index in [0.717, 1.165) is 9.32 Å². The van der Waals surface area contributed by atoms with E-state index in [-0.39, 0.29) is 6.04 Å². The molecule has 0 radical (unpaired) electrons. The third-order valence-electron chi connectivity index (χ3n) is 1.68. The first-order chi connectivity index (χ1) is 7.08. The first kappa shape index (κ1) is 12.1. The van der Waals surface area contributed by atoms with Gasteiger partial charge in [0, 0.05) is 3.57 Å². The monoisotopic (exact) mass is 321 g/mol. The maximum absolute atomic E-state index is 10.3. The fraction of sp³-hybridized carbons (Fsp3) is 0.300. The number of benzene rings is 1. The van der Waals surface area contributed by atoms with Crippen molar-refractivity contribution < 1.29 is 14.6 Å². The minimum Gasteiger partial charge on any atom is -0.491 e. The maximum Gasteiger partial charge on any atom is 0.404 e. The lowest BCUT2D eigenvalue weighted by molar-refractivity contribution is 0.183. The highest BCUT2D eigenvalue weighted by Crippen LogP contribution is 2.13. The molecule has 0 aliphatic rings. The van der Waals surface area contributed by atoms with Gasteiger partial charge in [0.15, 0.2) is 0 Å². The Balaban J connectivity index is 2.36. The normalized spacial score (nSPS) is 11.9. The second-order valence-electron chi connectivity index (χ2n) is 3.12. The molecule has 4 nitrogen and oxygen atoms in total. The summed E-state index contributed by atoms with van der Waals surface area (Å²) in [5.74, 6) is 0.745. The van der Waals surface area contributed by atoms with Crippen LogP contribution in [0.3, 0.4) is 0 Å². The van der Waals surface area contributed by atoms with Crippen LogP contribution in [-0.4, -0.2) is 23.8 Å². The summed E-state index contributed by atoms with van der Waals surface area (Å²) in [6.07, 6.45) is -1.03. The van der Waals surface area contributed by atoms with E-state index < -0.39 is 6.09 Å². The summed E-state index contributed by atoms with van der Waals surface area (Å²) in [6, 6.07) is 7.36. The number of ether oxygens (including phenoxy) is 1. The summed E-state index contributed by atoms with van der Waals surface area (Å²) in [4.78, 5) is 10.3. The molecular weight excluding hydrogens is 309 g/mol. The van der Waals surface area contributed by atoms with E-state index in [1.807, 2.05) is 24.3 Å². The van der Waals surface area contributed by atoms with Crippen molar-refractivity contribution in [2.45, 2.75) is 13.0 Å². The molecule has 0 bridgehead atoms. The zero-order valence-electron chi connectivity index (χ0n) is 8.24. The topological polar surface area (TPSA) is 58.6 Å². The van der Waals surface area contributed by atoms with Gasteiger partial charge in [-0.2, -0.15) is 0 Å². The number of amides is 1. The van der Waals surface area contributed by atoms with Crippen molar-refractivity contribution in [1.29, 1.82) is 0 Å². The highest BCUT2D eigenvalue weighted by Gasteiger charge is 2.05. The third-order valence-corrected chi connectivity index (χ3v) is 2.40. The first-order valence-corrected chi connectivity index (χ1v) is 5.53. The van der Waals surface area contributed by atoms with Crippen molar-refractivity contribution in [2.24, 2.45) is 0 Å². The molecule has 0 aliphatic carbocycles. The van der Waals surface area contributed by atoms with E-state index in [9.17, 15) is 4.79 Å². The number of nitrogens with one attached hydrogen (secondary N) is 1. The zero-order valence-corrected chi connectivity index (χ0v) is 10.4. The Labute approximate surface area is 102 Å². The van der Waals surface area contributed by atoms with E-state index in [1.165, 1.54) is 0 Å². The standard InChI is InChI=1S/C10H12INO3/c1-7(12-10(13)14)6-15-9-4-2-8(11)3-5-9/h2-5,7,12H,6H2,1H3,(H,13,14)/t7-/m0/s1. The second kappa shape index (κ2) is 5.79. The lowest BCUT2D eigenvalue weighted by atomic mass is 10.3. The van der Waals surface area contributed by atoms with Gasteiger partial charge in [0.05, 0.1) is 6.04 Å². The number of hydrogen-bond acceptors (Lipinski definition) is 2. The maximum atomic E-state index is 10.3. The summed E-state index contributed by atoms with van der Waals surface area (Å²) in [6.45, 7) is 2.08. The molecule has 0 aliphatic heterocycles. The number of carboxylic acid groups (broad SMARTS) is 1. The molecule has 0 saturated heterocycles. The third kappa shape index (κ3) is 4.87. The Morgan fingerprint density at radius 1 is 1.53 bits per heavy atom. The van der Waals surface area contributed by atoms with Gasteiger partial charge in [0.2, 0.25) is 0 Å². The van der Waals surface area contributed by atoms with Crippen molar-refractivity contribution in [2.75, 3.05) is 6.61 Å². The quantitative estimate of drug-likeness (QED) is 0.837. The summed E-state index contributed by atoms with van der Waals surface area (Å²) < 4.78 is 6.53. The van der Waals surface area contributed by atoms with Crippen LogP contribution in [0, 0.1) is 3.57 Å². The number of halogens is 1. The smallest absolute Gasteiger partial charge is 0.404 e. The Morgan fingerprint density at radius 2 is 2.13 bits per heavy atom. The molecule has 1 amide bonds.